The fourth-order valence-electron chi connectivity index (χ4n) is 6.58. The highest BCUT2D eigenvalue weighted by Crippen LogP contribution is 2.43. The lowest BCUT2D eigenvalue weighted by atomic mass is 9.90. The average molecular weight is 778 g/mol. The third kappa shape index (κ3) is 10.6. The van der Waals surface area contributed by atoms with Crippen molar-refractivity contribution < 1.29 is 85.7 Å². The first kappa shape index (κ1) is 42.2. The maximum absolute atomic E-state index is 12.6. The predicted molar refractivity (Wildman–Crippen MR) is 180 cm³/mol. The number of para-hydroxylation sites is 1. The van der Waals surface area contributed by atoms with Gasteiger partial charge in [0.15, 0.2) is 42.9 Å². The molecule has 19 heteroatoms. The molecule has 2 aliphatic heterocycles. The molecule has 2 aliphatic rings. The number of esters is 8. The fourth-order valence-corrected chi connectivity index (χ4v) is 6.58. The van der Waals surface area contributed by atoms with Gasteiger partial charge in [-0.05, 0) is 6.07 Å². The van der Waals surface area contributed by atoms with Crippen molar-refractivity contribution in [1.29, 1.82) is 0 Å². The Morgan fingerprint density at radius 2 is 0.909 bits per heavy atom. The third-order valence-corrected chi connectivity index (χ3v) is 8.31. The van der Waals surface area contributed by atoms with Gasteiger partial charge >= 0.3 is 47.8 Å². The predicted octanol–water partition coefficient (Wildman–Crippen LogP) is 1.70. The van der Waals surface area contributed by atoms with Crippen LogP contribution in [0, 0.1) is 0 Å². The summed E-state index contributed by atoms with van der Waals surface area (Å²) in [5.74, 6) is -6.33. The quantitative estimate of drug-likeness (QED) is 0.220. The Labute approximate surface area is 314 Å². The SMILES string of the molecule is CC(=O)OC[C@H]1O[C@H](c2cn([C@@H]3O[C@H](COC(C)=O)[C@@H](OC(C)=O)[C@H](OC(C)=O)[C@@H]3OC(C)=O)c3ccccc23)[C@@H](OC(C)=O)[C@@H](OC(C)=O)[C@@H]1OC(C)=O. The van der Waals surface area contributed by atoms with E-state index in [2.05, 4.69) is 0 Å². The molecule has 0 N–H and O–H groups in total. The molecular formula is C36H43NO18. The topological polar surface area (TPSA) is 234 Å². The summed E-state index contributed by atoms with van der Waals surface area (Å²) in [6, 6.07) is 6.66. The summed E-state index contributed by atoms with van der Waals surface area (Å²) in [6.07, 6.45) is -12.6. The number of carbonyl (C=O) groups is 8. The van der Waals surface area contributed by atoms with E-state index in [4.69, 9.17) is 47.4 Å². The first-order chi connectivity index (χ1) is 25.9. The van der Waals surface area contributed by atoms with Gasteiger partial charge in [0.2, 0.25) is 0 Å². The summed E-state index contributed by atoms with van der Waals surface area (Å²) < 4.78 is 58.5. The van der Waals surface area contributed by atoms with E-state index in [1.807, 2.05) is 0 Å². The molecule has 300 valence electrons. The molecule has 19 nitrogen and oxygen atoms in total. The van der Waals surface area contributed by atoms with Gasteiger partial charge in [0.25, 0.3) is 0 Å². The average Bonchev–Trinajstić information content (AvgIpc) is 3.44. The fraction of sp³-hybridized carbons (Fsp3) is 0.556. The van der Waals surface area contributed by atoms with Crippen LogP contribution >= 0.6 is 0 Å². The number of ether oxygens (including phenoxy) is 10. The van der Waals surface area contributed by atoms with Crippen molar-refractivity contribution in [2.75, 3.05) is 13.2 Å². The largest absolute Gasteiger partial charge is 0.463 e. The molecule has 0 radical (unpaired) electrons. The number of benzene rings is 1. The van der Waals surface area contributed by atoms with Crippen LogP contribution in [0.5, 0.6) is 0 Å². The number of aromatic nitrogens is 1. The molecule has 0 aliphatic carbocycles. The highest BCUT2D eigenvalue weighted by Gasteiger charge is 2.55. The van der Waals surface area contributed by atoms with Gasteiger partial charge in [-0.2, -0.15) is 0 Å². The van der Waals surface area contributed by atoms with Gasteiger partial charge < -0.3 is 51.9 Å². The van der Waals surface area contributed by atoms with E-state index in [0.717, 1.165) is 55.4 Å². The summed E-state index contributed by atoms with van der Waals surface area (Å²) >= 11 is 0. The van der Waals surface area contributed by atoms with E-state index in [1.165, 1.54) is 10.8 Å². The zero-order chi connectivity index (χ0) is 40.7. The first-order valence-electron chi connectivity index (χ1n) is 17.1. The number of carbonyl (C=O) groups excluding carboxylic acids is 8. The summed E-state index contributed by atoms with van der Waals surface area (Å²) in [7, 11) is 0. The molecular weight excluding hydrogens is 734 g/mol. The van der Waals surface area contributed by atoms with Crippen molar-refractivity contribution in [2.24, 2.45) is 0 Å². The van der Waals surface area contributed by atoms with E-state index >= 15 is 0 Å². The molecule has 2 fully saturated rings. The van der Waals surface area contributed by atoms with E-state index in [-0.39, 0.29) is 5.56 Å². The zero-order valence-corrected chi connectivity index (χ0v) is 31.4. The maximum Gasteiger partial charge on any atom is 0.303 e. The van der Waals surface area contributed by atoms with E-state index in [1.54, 1.807) is 24.3 Å². The van der Waals surface area contributed by atoms with Gasteiger partial charge in [-0.15, -0.1) is 0 Å². The minimum absolute atomic E-state index is 0.265. The highest BCUT2D eigenvalue weighted by molar-refractivity contribution is 5.85. The molecule has 0 saturated carbocycles. The zero-order valence-electron chi connectivity index (χ0n) is 31.4. The van der Waals surface area contributed by atoms with E-state index in [9.17, 15) is 38.4 Å². The van der Waals surface area contributed by atoms with Crippen LogP contribution in [0.25, 0.3) is 10.9 Å². The van der Waals surface area contributed by atoms with Gasteiger partial charge in [-0.25, -0.2) is 0 Å². The standard InChI is InChI=1S/C36H43NO18/c1-16(38)46-14-27-30(48-18(3)40)33(51-21(6)43)32(50-20(5)42)29(54-27)25-13-37(26-12-10-9-11-24(25)26)36-35(53-23(8)45)34(52-22(7)44)31(49-19(4)41)28(55-36)15-47-17(2)39/h9-13,27-36H,14-15H2,1-8H3/t27-,28-,29-,30-,31-,32-,33+,34+,35+,36-/m1/s1. The number of rotatable bonds is 12. The summed E-state index contributed by atoms with van der Waals surface area (Å²) in [6.45, 7) is 7.92. The Bertz CT molecular complexity index is 1680. The Morgan fingerprint density at radius 3 is 1.38 bits per heavy atom. The van der Waals surface area contributed by atoms with E-state index < -0.39 is 122 Å². The van der Waals surface area contributed by atoms with Crippen LogP contribution in [0.2, 0.25) is 0 Å². The van der Waals surface area contributed by atoms with Crippen LogP contribution in [0.1, 0.15) is 73.3 Å². The Hall–Kier alpha value is -5.56. The van der Waals surface area contributed by atoms with Gasteiger partial charge in [-0.1, -0.05) is 18.2 Å². The molecule has 1 aromatic heterocycles. The maximum atomic E-state index is 12.6. The van der Waals surface area contributed by atoms with Crippen molar-refractivity contribution in [1.82, 2.24) is 4.57 Å². The lowest BCUT2D eigenvalue weighted by Crippen LogP contribution is -2.60. The molecule has 1 aromatic carbocycles. The van der Waals surface area contributed by atoms with Gasteiger partial charge in [-0.3, -0.25) is 38.4 Å². The molecule has 4 rings (SSSR count). The second-order valence-corrected chi connectivity index (χ2v) is 12.7. The second-order valence-electron chi connectivity index (χ2n) is 12.7. The van der Waals surface area contributed by atoms with Crippen LogP contribution in [-0.4, -0.2) is 114 Å². The monoisotopic (exact) mass is 777 g/mol. The molecule has 2 aromatic rings. The van der Waals surface area contributed by atoms with Crippen LogP contribution in [0.15, 0.2) is 30.5 Å². The molecule has 0 unspecified atom stereocenters. The summed E-state index contributed by atoms with van der Waals surface area (Å²) in [5, 5.41) is 0.427. The van der Waals surface area contributed by atoms with Gasteiger partial charge in [0.1, 0.15) is 31.5 Å². The normalized spacial score (nSPS) is 27.5. The lowest BCUT2D eigenvalue weighted by Gasteiger charge is -2.45. The van der Waals surface area contributed by atoms with Crippen LogP contribution < -0.4 is 0 Å². The summed E-state index contributed by atoms with van der Waals surface area (Å²) in [4.78, 5) is 98.5. The minimum atomic E-state index is -1.50. The van der Waals surface area contributed by atoms with Crippen LogP contribution in [-0.2, 0) is 85.7 Å². The Balaban J connectivity index is 1.97. The van der Waals surface area contributed by atoms with Crippen molar-refractivity contribution in [3.8, 4) is 0 Å². The second kappa shape index (κ2) is 18.2. The highest BCUT2D eigenvalue weighted by atomic mass is 16.7. The van der Waals surface area contributed by atoms with Crippen molar-refractivity contribution in [2.45, 2.75) is 117 Å². The molecule has 10 atom stereocenters. The molecule has 2 saturated heterocycles. The smallest absolute Gasteiger partial charge is 0.303 e. The molecule has 55 heavy (non-hydrogen) atoms. The number of nitrogens with zero attached hydrogens (tertiary/aromatic N) is 1. The minimum Gasteiger partial charge on any atom is -0.463 e. The summed E-state index contributed by atoms with van der Waals surface area (Å²) in [5.41, 5.74) is 0.646. The van der Waals surface area contributed by atoms with Crippen molar-refractivity contribution in [3.63, 3.8) is 0 Å². The van der Waals surface area contributed by atoms with Crippen LogP contribution in [0.3, 0.4) is 0 Å². The lowest BCUT2D eigenvalue weighted by molar-refractivity contribution is -0.267. The number of fused-ring (bicyclic) bond motifs is 1. The number of hydrogen-bond donors (Lipinski definition) is 0. The third-order valence-electron chi connectivity index (χ3n) is 8.31. The molecule has 0 spiro atoms. The van der Waals surface area contributed by atoms with Gasteiger partial charge in [0.05, 0.1) is 5.52 Å². The number of hydrogen-bond acceptors (Lipinski definition) is 18. The Morgan fingerprint density at radius 1 is 0.509 bits per heavy atom. The first-order valence-corrected chi connectivity index (χ1v) is 17.1. The Kier molecular flexibility index (Phi) is 13.9. The molecule has 3 heterocycles. The van der Waals surface area contributed by atoms with Crippen molar-refractivity contribution >= 4 is 58.7 Å². The molecule has 0 bridgehead atoms. The van der Waals surface area contributed by atoms with E-state index in [0.29, 0.717) is 10.9 Å². The van der Waals surface area contributed by atoms with Gasteiger partial charge in [0, 0.05) is 72.5 Å². The van der Waals surface area contributed by atoms with Crippen LogP contribution in [0.4, 0.5) is 0 Å². The molecule has 0 amide bonds. The van der Waals surface area contributed by atoms with Crippen molar-refractivity contribution in [3.05, 3.63) is 36.0 Å².